The van der Waals surface area contributed by atoms with Crippen LogP contribution in [-0.4, -0.2) is 67.8 Å². The number of aliphatic hydroxyl groups is 1. The van der Waals surface area contributed by atoms with Gasteiger partial charge in [-0.3, -0.25) is 9.97 Å². The minimum absolute atomic E-state index is 0.0334. The molecular formula is C23H24BrN7O3S. The molecule has 4 aromatic rings. The number of aromatic nitrogens is 5. The summed E-state index contributed by atoms with van der Waals surface area (Å²) in [7, 11) is -3.45. The second-order valence-electron chi connectivity index (χ2n) is 8.38. The number of anilines is 1. The Bertz CT molecular complexity index is 1450. The topological polar surface area (TPSA) is 140 Å². The van der Waals surface area contributed by atoms with Crippen LogP contribution in [0.2, 0.25) is 0 Å². The third-order valence-electron chi connectivity index (χ3n) is 6.26. The largest absolute Gasteiger partial charge is 0.395 e. The van der Waals surface area contributed by atoms with Crippen molar-refractivity contribution in [3.8, 4) is 22.4 Å². The van der Waals surface area contributed by atoms with Crippen LogP contribution in [0.1, 0.15) is 24.5 Å². The molecule has 3 N–H and O–H groups in total. The van der Waals surface area contributed by atoms with Gasteiger partial charge in [-0.1, -0.05) is 6.07 Å². The maximum atomic E-state index is 12.3. The third-order valence-corrected chi connectivity index (χ3v) is 8.93. The number of nitrogen functional groups attached to an aromatic ring is 1. The molecule has 0 saturated carbocycles. The standard InChI is InChI=1S/C23H24BrN7O3S/c24-20-21(15-5-8-30(9-6-15)35(33,34)11-10-32)29-23-18(14-28-31(23)22(20)25)16-3-4-19(27-13-16)17-2-1-7-26-12-17/h1-4,7,12-15,32H,5-6,8-11,25H2. The fourth-order valence-electron chi connectivity index (χ4n) is 4.38. The summed E-state index contributed by atoms with van der Waals surface area (Å²) in [6.45, 7) is 0.362. The molecular weight excluding hydrogens is 534 g/mol. The van der Waals surface area contributed by atoms with Crippen LogP contribution < -0.4 is 5.73 Å². The Morgan fingerprint density at radius 3 is 2.57 bits per heavy atom. The van der Waals surface area contributed by atoms with E-state index in [0.717, 1.165) is 28.1 Å². The molecule has 5 heterocycles. The van der Waals surface area contributed by atoms with E-state index in [4.69, 9.17) is 15.8 Å². The van der Waals surface area contributed by atoms with E-state index in [9.17, 15) is 8.42 Å². The molecule has 0 unspecified atom stereocenters. The van der Waals surface area contributed by atoms with Crippen molar-refractivity contribution in [1.29, 1.82) is 0 Å². The number of nitrogens with two attached hydrogens (primary N) is 1. The zero-order chi connectivity index (χ0) is 24.6. The fraction of sp³-hybridized carbons (Fsp3) is 0.304. The molecule has 0 spiro atoms. The third kappa shape index (κ3) is 4.54. The minimum atomic E-state index is -3.45. The van der Waals surface area contributed by atoms with Gasteiger partial charge in [-0.25, -0.2) is 17.7 Å². The van der Waals surface area contributed by atoms with Crippen molar-refractivity contribution < 1.29 is 13.5 Å². The van der Waals surface area contributed by atoms with Crippen LogP contribution in [-0.2, 0) is 10.0 Å². The van der Waals surface area contributed by atoms with Gasteiger partial charge in [0.1, 0.15) is 5.82 Å². The van der Waals surface area contributed by atoms with E-state index in [1.807, 2.05) is 24.3 Å². The summed E-state index contributed by atoms with van der Waals surface area (Å²) in [5, 5.41) is 13.5. The first kappa shape index (κ1) is 23.8. The molecule has 182 valence electrons. The second-order valence-corrected chi connectivity index (χ2v) is 11.3. The van der Waals surface area contributed by atoms with Crippen LogP contribution in [0.4, 0.5) is 5.82 Å². The lowest BCUT2D eigenvalue weighted by Gasteiger charge is -2.31. The van der Waals surface area contributed by atoms with Crippen molar-refractivity contribution in [2.45, 2.75) is 18.8 Å². The van der Waals surface area contributed by atoms with Gasteiger partial charge < -0.3 is 10.8 Å². The monoisotopic (exact) mass is 557 g/mol. The van der Waals surface area contributed by atoms with Crippen molar-refractivity contribution in [3.63, 3.8) is 0 Å². The minimum Gasteiger partial charge on any atom is -0.395 e. The predicted octanol–water partition coefficient (Wildman–Crippen LogP) is 2.70. The van der Waals surface area contributed by atoms with Crippen molar-refractivity contribution >= 4 is 37.4 Å². The van der Waals surface area contributed by atoms with Gasteiger partial charge in [0.2, 0.25) is 10.0 Å². The lowest BCUT2D eigenvalue weighted by Crippen LogP contribution is -2.40. The number of aliphatic hydroxyl groups excluding tert-OH is 1. The first-order valence-corrected chi connectivity index (χ1v) is 13.6. The molecule has 4 aromatic heterocycles. The number of piperidine rings is 1. The van der Waals surface area contributed by atoms with Crippen molar-refractivity contribution in [1.82, 2.24) is 28.9 Å². The Kier molecular flexibility index (Phi) is 6.53. The van der Waals surface area contributed by atoms with Gasteiger partial charge in [0, 0.05) is 54.3 Å². The summed E-state index contributed by atoms with van der Waals surface area (Å²) in [4.78, 5) is 13.7. The van der Waals surface area contributed by atoms with Crippen molar-refractivity contribution in [2.24, 2.45) is 0 Å². The van der Waals surface area contributed by atoms with E-state index in [0.29, 0.717) is 41.9 Å². The van der Waals surface area contributed by atoms with E-state index in [-0.39, 0.29) is 18.3 Å². The summed E-state index contributed by atoms with van der Waals surface area (Å²) >= 11 is 3.59. The maximum absolute atomic E-state index is 12.3. The van der Waals surface area contributed by atoms with Crippen LogP contribution in [0.5, 0.6) is 0 Å². The van der Waals surface area contributed by atoms with E-state index in [1.165, 1.54) is 4.31 Å². The normalized spacial score (nSPS) is 15.6. The highest BCUT2D eigenvalue weighted by Crippen LogP contribution is 2.37. The second kappa shape index (κ2) is 9.61. The number of rotatable bonds is 6. The van der Waals surface area contributed by atoms with Gasteiger partial charge >= 0.3 is 0 Å². The molecule has 0 bridgehead atoms. The highest BCUT2D eigenvalue weighted by Gasteiger charge is 2.31. The van der Waals surface area contributed by atoms with E-state index < -0.39 is 10.0 Å². The molecule has 35 heavy (non-hydrogen) atoms. The molecule has 0 atom stereocenters. The van der Waals surface area contributed by atoms with E-state index in [1.54, 1.807) is 29.3 Å². The molecule has 0 aromatic carbocycles. The van der Waals surface area contributed by atoms with Gasteiger partial charge in [-0.2, -0.15) is 9.61 Å². The average Bonchev–Trinajstić information content (AvgIpc) is 3.31. The number of sulfonamides is 1. The Labute approximate surface area is 211 Å². The van der Waals surface area contributed by atoms with E-state index in [2.05, 4.69) is 31.0 Å². The highest BCUT2D eigenvalue weighted by atomic mass is 79.9. The van der Waals surface area contributed by atoms with Crippen LogP contribution in [0.25, 0.3) is 28.0 Å². The predicted molar refractivity (Wildman–Crippen MR) is 136 cm³/mol. The highest BCUT2D eigenvalue weighted by molar-refractivity contribution is 9.10. The molecule has 5 rings (SSSR count). The SMILES string of the molecule is Nc1c(Br)c(C2CCN(S(=O)(=O)CCO)CC2)nc2c(-c3ccc(-c4cccnc4)nc3)cnn12. The number of pyridine rings is 2. The average molecular weight is 558 g/mol. The summed E-state index contributed by atoms with van der Waals surface area (Å²) in [6.07, 6.45) is 8.21. The summed E-state index contributed by atoms with van der Waals surface area (Å²) < 4.78 is 28.3. The molecule has 1 saturated heterocycles. The lowest BCUT2D eigenvalue weighted by molar-refractivity contribution is 0.297. The first-order valence-electron chi connectivity index (χ1n) is 11.2. The first-order chi connectivity index (χ1) is 16.9. The Balaban J connectivity index is 1.45. The van der Waals surface area contributed by atoms with E-state index >= 15 is 0 Å². The van der Waals surface area contributed by atoms with Crippen LogP contribution in [0.3, 0.4) is 0 Å². The quantitative estimate of drug-likeness (QED) is 0.368. The number of hydrogen-bond donors (Lipinski definition) is 2. The Morgan fingerprint density at radius 2 is 1.91 bits per heavy atom. The van der Waals surface area contributed by atoms with Gasteiger partial charge in [-0.05, 0) is 47.0 Å². The smallest absolute Gasteiger partial charge is 0.216 e. The van der Waals surface area contributed by atoms with Crippen molar-refractivity contribution in [3.05, 3.63) is 59.2 Å². The summed E-state index contributed by atoms with van der Waals surface area (Å²) in [6, 6.07) is 7.73. The number of fused-ring (bicyclic) bond motifs is 1. The molecule has 0 radical (unpaired) electrons. The molecule has 0 amide bonds. The fourth-order valence-corrected chi connectivity index (χ4v) is 6.21. The van der Waals surface area contributed by atoms with Crippen LogP contribution in [0, 0.1) is 0 Å². The van der Waals surface area contributed by atoms with Gasteiger partial charge in [0.05, 0.1) is 34.4 Å². The lowest BCUT2D eigenvalue weighted by atomic mass is 9.94. The van der Waals surface area contributed by atoms with Gasteiger partial charge in [-0.15, -0.1) is 0 Å². The number of halogens is 1. The van der Waals surface area contributed by atoms with Crippen LogP contribution >= 0.6 is 15.9 Å². The molecule has 10 nitrogen and oxygen atoms in total. The maximum Gasteiger partial charge on any atom is 0.216 e. The summed E-state index contributed by atoms with van der Waals surface area (Å²) in [5.74, 6) is 0.211. The van der Waals surface area contributed by atoms with Gasteiger partial charge in [0.25, 0.3) is 0 Å². The molecule has 1 aliphatic rings. The number of hydrogen-bond acceptors (Lipinski definition) is 8. The number of nitrogens with zero attached hydrogens (tertiary/aromatic N) is 6. The molecule has 12 heteroatoms. The molecule has 1 fully saturated rings. The zero-order valence-electron chi connectivity index (χ0n) is 18.7. The molecule has 0 aliphatic carbocycles. The zero-order valence-corrected chi connectivity index (χ0v) is 21.2. The van der Waals surface area contributed by atoms with Crippen LogP contribution in [0.15, 0.2) is 53.5 Å². The van der Waals surface area contributed by atoms with Crippen molar-refractivity contribution in [2.75, 3.05) is 31.2 Å². The Morgan fingerprint density at radius 1 is 1.11 bits per heavy atom. The van der Waals surface area contributed by atoms with Gasteiger partial charge in [0.15, 0.2) is 5.65 Å². The molecule has 1 aliphatic heterocycles. The summed E-state index contributed by atoms with van der Waals surface area (Å²) in [5.41, 5.74) is 11.2. The Hall–Kier alpha value is -2.93.